The maximum Gasteiger partial charge on any atom is 0.416 e. The SMILES string of the molecule is CC(C)(CC1CC(NC(=O)c2ccc(Cl)cn2)C1)S(=O)(=O)c1cccc(C(F)(F)F)c1. The number of alkyl halides is 3. The molecule has 0 saturated heterocycles. The van der Waals surface area contributed by atoms with Crippen molar-refractivity contribution in [3.05, 3.63) is 58.9 Å². The average Bonchev–Trinajstić information content (AvgIpc) is 2.66. The number of rotatable bonds is 6. The Hall–Kier alpha value is -2.13. The lowest BCUT2D eigenvalue weighted by molar-refractivity contribution is -0.137. The molecule has 1 aliphatic carbocycles. The Morgan fingerprint density at radius 2 is 1.87 bits per heavy atom. The molecule has 0 unspecified atom stereocenters. The van der Waals surface area contributed by atoms with Crippen molar-refractivity contribution >= 4 is 27.3 Å². The minimum Gasteiger partial charge on any atom is -0.348 e. The third-order valence-corrected chi connectivity index (χ3v) is 8.23. The number of nitrogens with zero attached hydrogens (tertiary/aromatic N) is 1. The van der Waals surface area contributed by atoms with Gasteiger partial charge < -0.3 is 5.32 Å². The lowest BCUT2D eigenvalue weighted by Crippen LogP contribution is -2.47. The van der Waals surface area contributed by atoms with Crippen molar-refractivity contribution < 1.29 is 26.4 Å². The summed E-state index contributed by atoms with van der Waals surface area (Å²) in [5, 5.41) is 3.26. The Labute approximate surface area is 183 Å². The zero-order valence-corrected chi connectivity index (χ0v) is 18.5. The van der Waals surface area contributed by atoms with Gasteiger partial charge in [-0.2, -0.15) is 13.2 Å². The van der Waals surface area contributed by atoms with Gasteiger partial charge in [0.05, 0.1) is 20.2 Å². The van der Waals surface area contributed by atoms with E-state index in [1.54, 1.807) is 6.07 Å². The first-order valence-electron chi connectivity index (χ1n) is 9.64. The van der Waals surface area contributed by atoms with Gasteiger partial charge in [-0.15, -0.1) is 0 Å². The number of sulfone groups is 1. The predicted octanol–water partition coefficient (Wildman–Crippen LogP) is 4.90. The van der Waals surface area contributed by atoms with Crippen LogP contribution in [0.2, 0.25) is 5.02 Å². The van der Waals surface area contributed by atoms with E-state index in [1.165, 1.54) is 32.2 Å². The minimum atomic E-state index is -4.62. The number of carbonyl (C=O) groups is 1. The summed E-state index contributed by atoms with van der Waals surface area (Å²) in [6.45, 7) is 3.04. The molecule has 0 radical (unpaired) electrons. The molecular weight excluding hydrogens is 453 g/mol. The van der Waals surface area contributed by atoms with Gasteiger partial charge >= 0.3 is 6.18 Å². The average molecular weight is 475 g/mol. The zero-order valence-electron chi connectivity index (χ0n) is 16.9. The number of nitrogens with one attached hydrogen (secondary N) is 1. The summed E-state index contributed by atoms with van der Waals surface area (Å²) in [7, 11) is -3.99. The zero-order chi connectivity index (χ0) is 23.0. The van der Waals surface area contributed by atoms with Gasteiger partial charge in [0.15, 0.2) is 9.84 Å². The molecule has 168 valence electrons. The summed E-state index contributed by atoms with van der Waals surface area (Å²) in [6, 6.07) is 6.79. The highest BCUT2D eigenvalue weighted by atomic mass is 35.5. The Bertz CT molecular complexity index is 1060. The van der Waals surface area contributed by atoms with E-state index in [0.29, 0.717) is 23.9 Å². The number of carbonyl (C=O) groups excluding carboxylic acids is 1. The van der Waals surface area contributed by atoms with Crippen LogP contribution >= 0.6 is 11.6 Å². The molecule has 1 N–H and O–H groups in total. The molecule has 0 aliphatic heterocycles. The third kappa shape index (κ3) is 5.20. The Balaban J connectivity index is 1.61. The summed E-state index contributed by atoms with van der Waals surface area (Å²) in [4.78, 5) is 15.8. The predicted molar refractivity (Wildman–Crippen MR) is 111 cm³/mol. The van der Waals surface area contributed by atoms with Crippen LogP contribution in [-0.4, -0.2) is 30.1 Å². The van der Waals surface area contributed by atoms with Crippen molar-refractivity contribution in [3.8, 4) is 0 Å². The van der Waals surface area contributed by atoms with Crippen LogP contribution in [0.4, 0.5) is 13.2 Å². The van der Waals surface area contributed by atoms with Crippen molar-refractivity contribution in [2.24, 2.45) is 5.92 Å². The lowest BCUT2D eigenvalue weighted by Gasteiger charge is -2.40. The molecule has 1 aliphatic rings. The van der Waals surface area contributed by atoms with Crippen LogP contribution in [0.5, 0.6) is 0 Å². The van der Waals surface area contributed by atoms with Crippen LogP contribution in [-0.2, 0) is 16.0 Å². The van der Waals surface area contributed by atoms with E-state index in [9.17, 15) is 26.4 Å². The topological polar surface area (TPSA) is 76.1 Å². The maximum absolute atomic E-state index is 13.0. The van der Waals surface area contributed by atoms with Crippen LogP contribution in [0, 0.1) is 5.92 Å². The molecule has 1 aromatic heterocycles. The van der Waals surface area contributed by atoms with E-state index in [1.807, 2.05) is 0 Å². The molecule has 1 aromatic carbocycles. The quantitative estimate of drug-likeness (QED) is 0.645. The number of aromatic nitrogens is 1. The molecule has 1 fully saturated rings. The van der Waals surface area contributed by atoms with Crippen molar-refractivity contribution in [1.82, 2.24) is 10.3 Å². The number of hydrogen-bond acceptors (Lipinski definition) is 4. The van der Waals surface area contributed by atoms with Crippen LogP contribution in [0.25, 0.3) is 0 Å². The van der Waals surface area contributed by atoms with Crippen molar-refractivity contribution in [2.45, 2.75) is 55.0 Å². The molecule has 10 heteroatoms. The first-order valence-corrected chi connectivity index (χ1v) is 11.5. The van der Waals surface area contributed by atoms with Crippen molar-refractivity contribution in [2.75, 3.05) is 0 Å². The number of hydrogen-bond donors (Lipinski definition) is 1. The van der Waals surface area contributed by atoms with Gasteiger partial charge in [0.1, 0.15) is 5.69 Å². The smallest absolute Gasteiger partial charge is 0.348 e. The second-order valence-electron chi connectivity index (χ2n) is 8.36. The third-order valence-electron chi connectivity index (χ3n) is 5.51. The normalized spacial score (nSPS) is 19.5. The molecule has 2 aromatic rings. The van der Waals surface area contributed by atoms with Gasteiger partial charge in [-0.3, -0.25) is 4.79 Å². The summed E-state index contributed by atoms with van der Waals surface area (Å²) < 4.78 is 63.7. The summed E-state index contributed by atoms with van der Waals surface area (Å²) in [6.07, 6.45) is -1.80. The highest BCUT2D eigenvalue weighted by molar-refractivity contribution is 7.92. The van der Waals surface area contributed by atoms with Gasteiger partial charge in [0, 0.05) is 12.2 Å². The first kappa shape index (κ1) is 23.5. The van der Waals surface area contributed by atoms with Crippen molar-refractivity contribution in [1.29, 1.82) is 0 Å². The van der Waals surface area contributed by atoms with E-state index in [2.05, 4.69) is 10.3 Å². The minimum absolute atomic E-state index is 0.0269. The standard InChI is InChI=1S/C21H22ClF3N2O3S/c1-20(2,31(29,30)17-5-3-4-14(10-17)21(23,24)25)11-13-8-16(9-13)27-19(28)18-7-6-15(22)12-26-18/h3-7,10,12-13,16H,8-9,11H2,1-2H3,(H,27,28). The molecule has 1 saturated carbocycles. The Morgan fingerprint density at radius 3 is 2.45 bits per heavy atom. The van der Waals surface area contributed by atoms with Crippen LogP contribution in [0.15, 0.2) is 47.5 Å². The molecular formula is C21H22ClF3N2O3S. The second-order valence-corrected chi connectivity index (χ2v) is 11.4. The van der Waals surface area contributed by atoms with E-state index >= 15 is 0 Å². The molecule has 3 rings (SSSR count). The molecule has 31 heavy (non-hydrogen) atoms. The monoisotopic (exact) mass is 474 g/mol. The van der Waals surface area contributed by atoms with Gasteiger partial charge in [-0.05, 0) is 69.4 Å². The van der Waals surface area contributed by atoms with E-state index in [-0.39, 0.29) is 34.9 Å². The largest absolute Gasteiger partial charge is 0.416 e. The molecule has 1 amide bonds. The fraction of sp³-hybridized carbons (Fsp3) is 0.429. The molecule has 1 heterocycles. The van der Waals surface area contributed by atoms with Crippen LogP contribution < -0.4 is 5.32 Å². The second kappa shape index (κ2) is 8.43. The Kier molecular flexibility index (Phi) is 6.40. The van der Waals surface area contributed by atoms with Gasteiger partial charge in [-0.25, -0.2) is 13.4 Å². The first-order chi connectivity index (χ1) is 14.3. The molecule has 5 nitrogen and oxygen atoms in total. The number of pyridine rings is 1. The van der Waals surface area contributed by atoms with Gasteiger partial charge in [-0.1, -0.05) is 17.7 Å². The fourth-order valence-electron chi connectivity index (χ4n) is 3.75. The highest BCUT2D eigenvalue weighted by Crippen LogP contribution is 2.40. The van der Waals surface area contributed by atoms with E-state index in [4.69, 9.17) is 11.6 Å². The number of halogens is 4. The number of amides is 1. The summed E-state index contributed by atoms with van der Waals surface area (Å²) in [5.41, 5.74) is -0.757. The lowest BCUT2D eigenvalue weighted by atomic mass is 9.75. The molecule has 0 bridgehead atoms. The van der Waals surface area contributed by atoms with E-state index < -0.39 is 26.3 Å². The van der Waals surface area contributed by atoms with Crippen LogP contribution in [0.1, 0.15) is 49.2 Å². The number of benzene rings is 1. The fourth-order valence-corrected chi connectivity index (χ4v) is 5.50. The molecule has 0 spiro atoms. The highest BCUT2D eigenvalue weighted by Gasteiger charge is 2.42. The Morgan fingerprint density at radius 1 is 1.19 bits per heavy atom. The van der Waals surface area contributed by atoms with Gasteiger partial charge in [0.2, 0.25) is 0 Å². The van der Waals surface area contributed by atoms with Crippen molar-refractivity contribution in [3.63, 3.8) is 0 Å². The van der Waals surface area contributed by atoms with Crippen LogP contribution in [0.3, 0.4) is 0 Å². The molecule has 0 atom stereocenters. The van der Waals surface area contributed by atoms with E-state index in [0.717, 1.165) is 12.1 Å². The summed E-state index contributed by atoms with van der Waals surface area (Å²) >= 11 is 5.75. The summed E-state index contributed by atoms with van der Waals surface area (Å²) in [5.74, 6) is -0.310. The maximum atomic E-state index is 13.0. The van der Waals surface area contributed by atoms with Gasteiger partial charge in [0.25, 0.3) is 5.91 Å².